The minimum atomic E-state index is -5.20. The number of carbonyl (C=O) groups is 1. The number of hydrogen-bond acceptors (Lipinski definition) is 8. The van der Waals surface area contributed by atoms with E-state index < -0.39 is 58.1 Å². The molecule has 10 nitrogen and oxygen atoms in total. The van der Waals surface area contributed by atoms with Crippen LogP contribution in [0.3, 0.4) is 0 Å². The first kappa shape index (κ1) is 27.7. The van der Waals surface area contributed by atoms with Gasteiger partial charge in [-0.05, 0) is 31.2 Å². The molecule has 3 aromatic rings. The first-order valence-corrected chi connectivity index (χ1v) is 10.7. The summed E-state index contributed by atoms with van der Waals surface area (Å²) >= 11 is 6.05. The fourth-order valence-electron chi connectivity index (χ4n) is 3.17. The van der Waals surface area contributed by atoms with E-state index in [4.69, 9.17) is 30.5 Å². The van der Waals surface area contributed by atoms with Crippen LogP contribution in [0.2, 0.25) is 5.02 Å². The Kier molecular flexibility index (Phi) is 8.23. The van der Waals surface area contributed by atoms with Crippen molar-refractivity contribution in [1.82, 2.24) is 14.5 Å². The van der Waals surface area contributed by atoms with Crippen LogP contribution in [0, 0.1) is 5.82 Å². The molecule has 0 spiro atoms. The van der Waals surface area contributed by atoms with Gasteiger partial charge in [0.2, 0.25) is 0 Å². The lowest BCUT2D eigenvalue weighted by Gasteiger charge is -2.18. The van der Waals surface area contributed by atoms with Gasteiger partial charge in [0.25, 0.3) is 11.4 Å². The molecule has 2 heterocycles. The smallest absolute Gasteiger partial charge is 0.432 e. The molecule has 15 heteroatoms. The predicted molar refractivity (Wildman–Crippen MR) is 120 cm³/mol. The number of methoxy groups -OCH3 is 1. The van der Waals surface area contributed by atoms with Crippen molar-refractivity contribution in [1.29, 1.82) is 0 Å². The number of ether oxygens (including phenoxy) is 4. The standard InChI is InChI=1S/C22H18ClF4N3O7/c1-4-35-19(32)20(34-3)37-18-13(6-5-7-28-18)36-14-8-10(12(24)9-11(14)23)15-16(22(25,26)27)30(2)21(33)29-17(15)31/h5-9,20H,4H2,1-3H3,(H,29,31,33). The number of alkyl halides is 3. The van der Waals surface area contributed by atoms with Crippen molar-refractivity contribution in [2.45, 2.75) is 19.4 Å². The lowest BCUT2D eigenvalue weighted by molar-refractivity contribution is -0.173. The van der Waals surface area contributed by atoms with Gasteiger partial charge >= 0.3 is 24.1 Å². The minimum Gasteiger partial charge on any atom is -0.461 e. The average Bonchev–Trinajstić information content (AvgIpc) is 2.81. The molecular weight excluding hydrogens is 530 g/mol. The third-order valence-corrected chi connectivity index (χ3v) is 5.05. The minimum absolute atomic E-state index is 0.0335. The summed E-state index contributed by atoms with van der Waals surface area (Å²) < 4.78 is 77.0. The van der Waals surface area contributed by atoms with E-state index in [1.165, 1.54) is 18.3 Å². The summed E-state index contributed by atoms with van der Waals surface area (Å²) in [5.74, 6) is -3.07. The number of esters is 1. The maximum atomic E-state index is 14.8. The van der Waals surface area contributed by atoms with Crippen molar-refractivity contribution in [3.8, 4) is 28.5 Å². The van der Waals surface area contributed by atoms with E-state index in [2.05, 4.69) is 4.98 Å². The zero-order chi connectivity index (χ0) is 27.5. The predicted octanol–water partition coefficient (Wildman–Crippen LogP) is 3.65. The van der Waals surface area contributed by atoms with E-state index in [-0.39, 0.29) is 27.8 Å². The van der Waals surface area contributed by atoms with E-state index >= 15 is 0 Å². The van der Waals surface area contributed by atoms with Crippen molar-refractivity contribution in [2.24, 2.45) is 7.05 Å². The van der Waals surface area contributed by atoms with E-state index in [9.17, 15) is 31.9 Å². The lowest BCUT2D eigenvalue weighted by Crippen LogP contribution is -2.35. The number of aromatic nitrogens is 3. The van der Waals surface area contributed by atoms with E-state index in [0.717, 1.165) is 20.2 Å². The molecule has 0 aliphatic carbocycles. The van der Waals surface area contributed by atoms with Gasteiger partial charge in [-0.25, -0.2) is 19.0 Å². The Labute approximate surface area is 210 Å². The van der Waals surface area contributed by atoms with Crippen LogP contribution in [-0.2, 0) is 27.5 Å². The normalized spacial score (nSPS) is 12.2. The fraction of sp³-hybridized carbons (Fsp3) is 0.273. The summed E-state index contributed by atoms with van der Waals surface area (Å²) in [6.07, 6.45) is -5.47. The number of pyridine rings is 1. The summed E-state index contributed by atoms with van der Waals surface area (Å²) in [6, 6.07) is 4.08. The molecule has 0 aliphatic rings. The highest BCUT2D eigenvalue weighted by molar-refractivity contribution is 6.32. The zero-order valence-electron chi connectivity index (χ0n) is 19.3. The van der Waals surface area contributed by atoms with E-state index in [1.807, 2.05) is 0 Å². The second kappa shape index (κ2) is 11.0. The van der Waals surface area contributed by atoms with Gasteiger partial charge in [-0.1, -0.05) is 11.6 Å². The molecule has 0 amide bonds. The van der Waals surface area contributed by atoms with Gasteiger partial charge in [0.05, 0.1) is 17.2 Å². The highest BCUT2D eigenvalue weighted by atomic mass is 35.5. The fourth-order valence-corrected chi connectivity index (χ4v) is 3.35. The number of carbonyl (C=O) groups excluding carboxylic acids is 1. The van der Waals surface area contributed by atoms with Gasteiger partial charge < -0.3 is 18.9 Å². The Balaban J connectivity index is 2.12. The van der Waals surface area contributed by atoms with Gasteiger partial charge in [0.1, 0.15) is 17.3 Å². The molecule has 0 radical (unpaired) electrons. The molecule has 0 fully saturated rings. The third kappa shape index (κ3) is 5.91. The molecule has 1 aromatic carbocycles. The molecular formula is C22H18ClF4N3O7. The van der Waals surface area contributed by atoms with Crippen LogP contribution in [0.1, 0.15) is 12.6 Å². The second-order valence-corrected chi connectivity index (χ2v) is 7.56. The highest BCUT2D eigenvalue weighted by Crippen LogP contribution is 2.40. The number of hydrogen-bond donors (Lipinski definition) is 1. The van der Waals surface area contributed by atoms with Gasteiger partial charge in [-0.15, -0.1) is 0 Å². The molecule has 0 saturated heterocycles. The number of halogens is 5. The molecule has 0 bridgehead atoms. The zero-order valence-corrected chi connectivity index (χ0v) is 20.1. The van der Waals surface area contributed by atoms with Crippen LogP contribution in [0.5, 0.6) is 17.4 Å². The van der Waals surface area contributed by atoms with Crippen LogP contribution >= 0.6 is 11.6 Å². The number of benzene rings is 1. The SMILES string of the molecule is CCOC(=O)C(OC)Oc1ncccc1Oc1cc(-c2c(C(F)(F)F)n(C)c(=O)[nH]c2=O)c(F)cc1Cl. The molecule has 198 valence electrons. The van der Waals surface area contributed by atoms with E-state index in [0.29, 0.717) is 6.07 Å². The van der Waals surface area contributed by atoms with Crippen molar-refractivity contribution in [2.75, 3.05) is 13.7 Å². The first-order chi connectivity index (χ1) is 17.4. The van der Waals surface area contributed by atoms with Crippen LogP contribution < -0.4 is 20.7 Å². The molecule has 2 aromatic heterocycles. The molecule has 3 rings (SSSR count). The Morgan fingerprint density at radius 2 is 1.95 bits per heavy atom. The molecule has 1 unspecified atom stereocenters. The lowest BCUT2D eigenvalue weighted by atomic mass is 10.0. The van der Waals surface area contributed by atoms with Crippen molar-refractivity contribution < 1.29 is 41.3 Å². The van der Waals surface area contributed by atoms with Crippen LogP contribution in [0.25, 0.3) is 11.1 Å². The number of rotatable bonds is 8. The maximum Gasteiger partial charge on any atom is 0.432 e. The molecule has 1 N–H and O–H groups in total. The molecule has 0 aliphatic heterocycles. The van der Waals surface area contributed by atoms with Gasteiger partial charge in [-0.3, -0.25) is 14.3 Å². The quantitative estimate of drug-likeness (QED) is 0.258. The number of nitrogens with one attached hydrogen (secondary N) is 1. The average molecular weight is 548 g/mol. The number of aromatic amines is 1. The summed E-state index contributed by atoms with van der Waals surface area (Å²) in [5, 5.41) is -0.389. The first-order valence-electron chi connectivity index (χ1n) is 10.3. The van der Waals surface area contributed by atoms with Crippen molar-refractivity contribution in [3.63, 3.8) is 0 Å². The molecule has 0 saturated carbocycles. The number of nitrogens with zero attached hydrogens (tertiary/aromatic N) is 2. The third-order valence-electron chi connectivity index (χ3n) is 4.75. The summed E-state index contributed by atoms with van der Waals surface area (Å²) in [4.78, 5) is 41.8. The van der Waals surface area contributed by atoms with Crippen LogP contribution in [0.15, 0.2) is 40.1 Å². The van der Waals surface area contributed by atoms with Crippen LogP contribution in [0.4, 0.5) is 17.6 Å². The highest BCUT2D eigenvalue weighted by Gasteiger charge is 2.39. The van der Waals surface area contributed by atoms with Crippen LogP contribution in [-0.4, -0.2) is 40.5 Å². The Bertz CT molecular complexity index is 1440. The number of H-pyrrole nitrogens is 1. The Morgan fingerprint density at radius 1 is 1.24 bits per heavy atom. The van der Waals surface area contributed by atoms with Gasteiger partial charge in [0, 0.05) is 25.9 Å². The van der Waals surface area contributed by atoms with Gasteiger partial charge in [-0.2, -0.15) is 13.2 Å². The molecule has 37 heavy (non-hydrogen) atoms. The molecule has 1 atom stereocenters. The summed E-state index contributed by atoms with van der Waals surface area (Å²) in [6.45, 7) is 1.60. The summed E-state index contributed by atoms with van der Waals surface area (Å²) in [5.41, 5.74) is -6.53. The largest absolute Gasteiger partial charge is 0.461 e. The van der Waals surface area contributed by atoms with Crippen molar-refractivity contribution in [3.05, 3.63) is 67.8 Å². The van der Waals surface area contributed by atoms with E-state index in [1.54, 1.807) is 11.9 Å². The van der Waals surface area contributed by atoms with Crippen molar-refractivity contribution >= 4 is 17.6 Å². The second-order valence-electron chi connectivity index (χ2n) is 7.15. The topological polar surface area (TPSA) is 122 Å². The maximum absolute atomic E-state index is 14.8. The monoisotopic (exact) mass is 547 g/mol. The van der Waals surface area contributed by atoms with Gasteiger partial charge in [0.15, 0.2) is 5.75 Å². The summed E-state index contributed by atoms with van der Waals surface area (Å²) in [7, 11) is 1.93. The Morgan fingerprint density at radius 3 is 2.57 bits per heavy atom. The Hall–Kier alpha value is -3.91.